The van der Waals surface area contributed by atoms with Crippen LogP contribution in [0.2, 0.25) is 0 Å². The normalized spacial score (nSPS) is 11.4. The molecule has 0 aliphatic carbocycles. The number of nitrogens with one attached hydrogen (secondary N) is 1. The maximum Gasteiger partial charge on any atom is 0.263 e. The van der Waals surface area contributed by atoms with Gasteiger partial charge < -0.3 is 9.47 Å². The van der Waals surface area contributed by atoms with Crippen molar-refractivity contribution >= 4 is 37.3 Å². The number of ether oxygens (including phenoxy) is 2. The molecule has 3 heterocycles. The molecule has 182 valence electrons. The van der Waals surface area contributed by atoms with Crippen LogP contribution in [-0.2, 0) is 10.0 Å². The summed E-state index contributed by atoms with van der Waals surface area (Å²) in [5.74, 6) is 0.263. The lowest BCUT2D eigenvalue weighted by Crippen LogP contribution is -2.12. The summed E-state index contributed by atoms with van der Waals surface area (Å²) in [5, 5.41) is 8.93. The van der Waals surface area contributed by atoms with Crippen LogP contribution < -0.4 is 14.2 Å². The fourth-order valence-electron chi connectivity index (χ4n) is 3.74. The lowest BCUT2D eigenvalue weighted by molar-refractivity contribution is 0.396. The van der Waals surface area contributed by atoms with Crippen molar-refractivity contribution in [2.24, 2.45) is 0 Å². The van der Waals surface area contributed by atoms with E-state index >= 15 is 0 Å². The average Bonchev–Trinajstić information content (AvgIpc) is 3.40. The van der Waals surface area contributed by atoms with Crippen molar-refractivity contribution in [3.63, 3.8) is 0 Å². The van der Waals surface area contributed by atoms with Crippen molar-refractivity contribution in [3.05, 3.63) is 72.3 Å². The summed E-state index contributed by atoms with van der Waals surface area (Å²) >= 11 is 1.08. The molecule has 2 aromatic carbocycles. The predicted molar refractivity (Wildman–Crippen MR) is 134 cm³/mol. The molecule has 0 unspecified atom stereocenters. The molecule has 0 amide bonds. The number of halogens is 1. The summed E-state index contributed by atoms with van der Waals surface area (Å²) in [6.07, 6.45) is 2.69. The predicted octanol–water partition coefficient (Wildman–Crippen LogP) is 4.77. The Bertz CT molecular complexity index is 1680. The van der Waals surface area contributed by atoms with Crippen molar-refractivity contribution in [1.82, 2.24) is 20.2 Å². The maximum atomic E-state index is 14.5. The van der Waals surface area contributed by atoms with Crippen LogP contribution in [0, 0.1) is 5.82 Å². The zero-order chi connectivity index (χ0) is 25.3. The van der Waals surface area contributed by atoms with Crippen LogP contribution >= 0.6 is 11.3 Å². The number of sulfonamides is 1. The van der Waals surface area contributed by atoms with E-state index in [9.17, 15) is 12.8 Å². The van der Waals surface area contributed by atoms with Crippen LogP contribution in [0.25, 0.3) is 33.2 Å². The number of hydrogen-bond donors (Lipinski definition) is 1. The minimum atomic E-state index is -3.85. The smallest absolute Gasteiger partial charge is 0.263 e. The van der Waals surface area contributed by atoms with Gasteiger partial charge in [0.1, 0.15) is 17.1 Å². The molecule has 5 rings (SSSR count). The summed E-state index contributed by atoms with van der Waals surface area (Å²) in [5.41, 5.74) is 3.58. The Kier molecular flexibility index (Phi) is 6.20. The van der Waals surface area contributed by atoms with E-state index in [4.69, 9.17) is 9.47 Å². The van der Waals surface area contributed by atoms with Gasteiger partial charge in [0, 0.05) is 28.8 Å². The van der Waals surface area contributed by atoms with E-state index in [0.717, 1.165) is 22.9 Å². The molecule has 0 aliphatic rings. The molecule has 1 N–H and O–H groups in total. The molecular weight excluding hydrogens is 505 g/mol. The van der Waals surface area contributed by atoms with Gasteiger partial charge in [0.15, 0.2) is 0 Å². The first-order chi connectivity index (χ1) is 17.4. The maximum absolute atomic E-state index is 14.5. The van der Waals surface area contributed by atoms with Crippen molar-refractivity contribution in [1.29, 1.82) is 0 Å². The molecule has 0 saturated heterocycles. The van der Waals surface area contributed by atoms with Crippen molar-refractivity contribution in [2.45, 2.75) is 4.90 Å². The van der Waals surface area contributed by atoms with Crippen LogP contribution in [0.5, 0.6) is 11.6 Å². The monoisotopic (exact) mass is 523 g/mol. The molecule has 0 aliphatic heterocycles. The Morgan fingerprint density at radius 1 is 0.972 bits per heavy atom. The van der Waals surface area contributed by atoms with Crippen LogP contribution in [0.1, 0.15) is 0 Å². The van der Waals surface area contributed by atoms with E-state index in [2.05, 4.69) is 24.9 Å². The first-order valence-corrected chi connectivity index (χ1v) is 12.8. The minimum Gasteiger partial charge on any atom is -0.496 e. The quantitative estimate of drug-likeness (QED) is 0.324. The van der Waals surface area contributed by atoms with Gasteiger partial charge in [0.2, 0.25) is 11.0 Å². The van der Waals surface area contributed by atoms with Gasteiger partial charge in [-0.25, -0.2) is 17.8 Å². The number of anilines is 1. The molecule has 0 fully saturated rings. The molecule has 12 heteroatoms. The molecule has 0 saturated carbocycles. The third-order valence-corrected chi connectivity index (χ3v) is 7.51. The summed E-state index contributed by atoms with van der Waals surface area (Å²) in [6, 6.07) is 13.2. The summed E-state index contributed by atoms with van der Waals surface area (Å²) in [6.45, 7) is 0. The van der Waals surface area contributed by atoms with Gasteiger partial charge in [-0.05, 0) is 41.3 Å². The van der Waals surface area contributed by atoms with Crippen LogP contribution in [0.15, 0.2) is 71.3 Å². The lowest BCUT2D eigenvalue weighted by Gasteiger charge is -2.14. The number of rotatable bonds is 7. The second kappa shape index (κ2) is 9.47. The minimum absolute atomic E-state index is 0.0757. The summed E-state index contributed by atoms with van der Waals surface area (Å²) in [7, 11) is -0.873. The third-order valence-electron chi connectivity index (χ3n) is 5.43. The van der Waals surface area contributed by atoms with Crippen LogP contribution in [0.4, 0.5) is 9.52 Å². The van der Waals surface area contributed by atoms with E-state index in [1.54, 1.807) is 42.6 Å². The molecule has 5 aromatic rings. The SMILES string of the molecule is COc1cc(-c2ccc(-c3nccc4cc(S(=O)(=O)Nc5nncs5)ccc34)c(OC)c2)c(F)cn1. The summed E-state index contributed by atoms with van der Waals surface area (Å²) < 4.78 is 53.2. The number of methoxy groups -OCH3 is 2. The Morgan fingerprint density at radius 3 is 2.58 bits per heavy atom. The molecule has 0 radical (unpaired) electrons. The Balaban J connectivity index is 1.57. The zero-order valence-corrected chi connectivity index (χ0v) is 20.6. The van der Waals surface area contributed by atoms with E-state index in [-0.39, 0.29) is 15.9 Å². The number of fused-ring (bicyclic) bond motifs is 1. The second-order valence-corrected chi connectivity index (χ2v) is 10.0. The van der Waals surface area contributed by atoms with Gasteiger partial charge in [-0.1, -0.05) is 23.5 Å². The molecular formula is C24H18FN5O4S2. The molecule has 0 atom stereocenters. The number of hydrogen-bond acceptors (Lipinski definition) is 9. The highest BCUT2D eigenvalue weighted by Gasteiger charge is 2.19. The lowest BCUT2D eigenvalue weighted by atomic mass is 9.99. The highest BCUT2D eigenvalue weighted by Crippen LogP contribution is 2.38. The number of aromatic nitrogens is 4. The van der Waals surface area contributed by atoms with Crippen LogP contribution in [-0.4, -0.2) is 42.8 Å². The van der Waals surface area contributed by atoms with Gasteiger partial charge in [-0.3, -0.25) is 9.71 Å². The molecule has 9 nitrogen and oxygen atoms in total. The standard InChI is InChI=1S/C24H18FN5O4S2/c1-33-21-10-14(19-11-22(34-2)27-12-20(19)25)3-5-18(21)23-17-6-4-16(9-15(17)7-8-26-23)36(31,32)30-24-29-28-13-35-24/h3-13H,1-2H3,(H,29,30). The zero-order valence-electron chi connectivity index (χ0n) is 19.0. The third kappa shape index (κ3) is 4.43. The van der Waals surface area contributed by atoms with Gasteiger partial charge >= 0.3 is 0 Å². The first-order valence-electron chi connectivity index (χ1n) is 10.5. The Morgan fingerprint density at radius 2 is 1.83 bits per heavy atom. The second-order valence-electron chi connectivity index (χ2n) is 7.51. The number of benzene rings is 2. The van der Waals surface area contributed by atoms with Gasteiger partial charge in [0.25, 0.3) is 10.0 Å². The highest BCUT2D eigenvalue weighted by molar-refractivity contribution is 7.93. The average molecular weight is 524 g/mol. The van der Waals surface area contributed by atoms with Crippen molar-refractivity contribution < 1.29 is 22.3 Å². The first kappa shape index (κ1) is 23.6. The molecule has 0 spiro atoms. The Hall–Kier alpha value is -4.16. The highest BCUT2D eigenvalue weighted by atomic mass is 32.2. The Labute approximate surface area is 209 Å². The van der Waals surface area contributed by atoms with E-state index < -0.39 is 15.8 Å². The van der Waals surface area contributed by atoms with E-state index in [0.29, 0.717) is 33.5 Å². The van der Waals surface area contributed by atoms with Crippen LogP contribution in [0.3, 0.4) is 0 Å². The van der Waals surface area contributed by atoms with Crippen molar-refractivity contribution in [2.75, 3.05) is 18.9 Å². The van der Waals surface area contributed by atoms with Gasteiger partial charge in [-0.15, -0.1) is 10.2 Å². The number of pyridine rings is 2. The fraction of sp³-hybridized carbons (Fsp3) is 0.0833. The summed E-state index contributed by atoms with van der Waals surface area (Å²) in [4.78, 5) is 8.47. The fourth-order valence-corrected chi connectivity index (χ4v) is 5.46. The largest absolute Gasteiger partial charge is 0.496 e. The van der Waals surface area contributed by atoms with Gasteiger partial charge in [0.05, 0.1) is 31.0 Å². The van der Waals surface area contributed by atoms with E-state index in [1.165, 1.54) is 31.9 Å². The topological polar surface area (TPSA) is 116 Å². The number of nitrogens with zero attached hydrogens (tertiary/aromatic N) is 4. The van der Waals surface area contributed by atoms with Crippen molar-refractivity contribution in [3.8, 4) is 34.0 Å². The molecule has 36 heavy (non-hydrogen) atoms. The van der Waals surface area contributed by atoms with Gasteiger partial charge in [-0.2, -0.15) is 0 Å². The van der Waals surface area contributed by atoms with E-state index in [1.807, 2.05) is 0 Å². The molecule has 3 aromatic heterocycles. The molecule has 0 bridgehead atoms.